The lowest BCUT2D eigenvalue weighted by atomic mass is 10.3. The van der Waals surface area contributed by atoms with Gasteiger partial charge in [0.15, 0.2) is 16.1 Å². The zero-order valence-electron chi connectivity index (χ0n) is 13.8. The Labute approximate surface area is 166 Å². The van der Waals surface area contributed by atoms with Crippen LogP contribution in [-0.2, 0) is 10.0 Å². The predicted octanol–water partition coefficient (Wildman–Crippen LogP) is 3.74. The summed E-state index contributed by atoms with van der Waals surface area (Å²) in [6.45, 7) is 0. The van der Waals surface area contributed by atoms with Gasteiger partial charge in [-0.25, -0.2) is 8.42 Å². The predicted molar refractivity (Wildman–Crippen MR) is 111 cm³/mol. The maximum absolute atomic E-state index is 12.4. The van der Waals surface area contributed by atoms with Gasteiger partial charge in [0.2, 0.25) is 0 Å². The van der Waals surface area contributed by atoms with Gasteiger partial charge in [-0.2, -0.15) is 0 Å². The maximum atomic E-state index is 12.4. The molecule has 3 aromatic rings. The molecule has 0 amide bonds. The SMILES string of the molecule is O=S(=O)(Nc1ccc(Cl)nn1)c1ccc(NC(=S)Nc2ccccc2)cc1. The van der Waals surface area contributed by atoms with Crippen molar-refractivity contribution >= 4 is 56.1 Å². The summed E-state index contributed by atoms with van der Waals surface area (Å²) in [6, 6.07) is 18.5. The summed E-state index contributed by atoms with van der Waals surface area (Å²) >= 11 is 10.9. The van der Waals surface area contributed by atoms with Gasteiger partial charge in [0.1, 0.15) is 0 Å². The summed E-state index contributed by atoms with van der Waals surface area (Å²) in [6.07, 6.45) is 0. The van der Waals surface area contributed by atoms with Gasteiger partial charge in [-0.3, -0.25) is 4.72 Å². The maximum Gasteiger partial charge on any atom is 0.263 e. The summed E-state index contributed by atoms with van der Waals surface area (Å²) in [7, 11) is -3.79. The zero-order chi connectivity index (χ0) is 19.3. The van der Waals surface area contributed by atoms with Crippen molar-refractivity contribution in [2.75, 3.05) is 15.4 Å². The van der Waals surface area contributed by atoms with Crippen LogP contribution in [0.25, 0.3) is 0 Å². The molecular formula is C17H14ClN5O2S2. The van der Waals surface area contributed by atoms with E-state index in [-0.39, 0.29) is 15.9 Å². The molecule has 27 heavy (non-hydrogen) atoms. The molecule has 0 spiro atoms. The average molecular weight is 420 g/mol. The Hall–Kier alpha value is -2.75. The van der Waals surface area contributed by atoms with Gasteiger partial charge in [-0.05, 0) is 60.7 Å². The number of rotatable bonds is 5. The van der Waals surface area contributed by atoms with Crippen molar-refractivity contribution < 1.29 is 8.42 Å². The van der Waals surface area contributed by atoms with Crippen LogP contribution in [0.2, 0.25) is 5.15 Å². The first-order valence-electron chi connectivity index (χ1n) is 7.67. The molecule has 138 valence electrons. The third-order valence-electron chi connectivity index (χ3n) is 3.33. The van der Waals surface area contributed by atoms with Crippen molar-refractivity contribution in [1.29, 1.82) is 0 Å². The number of benzene rings is 2. The third-order valence-corrected chi connectivity index (χ3v) is 5.10. The number of halogens is 1. The van der Waals surface area contributed by atoms with Crippen molar-refractivity contribution in [1.82, 2.24) is 10.2 Å². The number of nitrogens with one attached hydrogen (secondary N) is 3. The van der Waals surface area contributed by atoms with E-state index in [4.69, 9.17) is 23.8 Å². The minimum absolute atomic E-state index is 0.0757. The third kappa shape index (κ3) is 5.36. The van der Waals surface area contributed by atoms with E-state index in [1.54, 1.807) is 12.1 Å². The molecule has 2 aromatic carbocycles. The van der Waals surface area contributed by atoms with Crippen LogP contribution < -0.4 is 15.4 Å². The lowest BCUT2D eigenvalue weighted by Crippen LogP contribution is -2.19. The lowest BCUT2D eigenvalue weighted by Gasteiger charge is -2.11. The molecule has 0 fully saturated rings. The summed E-state index contributed by atoms with van der Waals surface area (Å²) < 4.78 is 27.1. The lowest BCUT2D eigenvalue weighted by molar-refractivity contribution is 0.601. The Morgan fingerprint density at radius 2 is 1.48 bits per heavy atom. The van der Waals surface area contributed by atoms with Gasteiger partial charge in [0, 0.05) is 11.4 Å². The molecule has 3 N–H and O–H groups in total. The van der Waals surface area contributed by atoms with Crippen molar-refractivity contribution in [3.63, 3.8) is 0 Å². The number of hydrogen-bond acceptors (Lipinski definition) is 5. The summed E-state index contributed by atoms with van der Waals surface area (Å²) in [5.41, 5.74) is 1.50. The molecule has 0 aliphatic carbocycles. The number of sulfonamides is 1. The van der Waals surface area contributed by atoms with Crippen LogP contribution in [-0.4, -0.2) is 23.7 Å². The molecule has 0 radical (unpaired) electrons. The van der Waals surface area contributed by atoms with Crippen molar-refractivity contribution in [2.45, 2.75) is 4.90 Å². The molecule has 10 heteroatoms. The Morgan fingerprint density at radius 3 is 2.07 bits per heavy atom. The van der Waals surface area contributed by atoms with Gasteiger partial charge in [-0.15, -0.1) is 10.2 Å². The van der Waals surface area contributed by atoms with Crippen LogP contribution in [0.4, 0.5) is 17.2 Å². The van der Waals surface area contributed by atoms with E-state index in [2.05, 4.69) is 25.6 Å². The molecule has 0 aliphatic heterocycles. The van der Waals surface area contributed by atoms with Crippen LogP contribution in [0.1, 0.15) is 0 Å². The second kappa shape index (κ2) is 8.30. The Morgan fingerprint density at radius 1 is 0.852 bits per heavy atom. The molecule has 0 bridgehead atoms. The molecule has 1 heterocycles. The summed E-state index contributed by atoms with van der Waals surface area (Å²) in [4.78, 5) is 0.0757. The number of hydrogen-bond donors (Lipinski definition) is 3. The van der Waals surface area contributed by atoms with E-state index in [9.17, 15) is 8.42 Å². The number of para-hydroxylation sites is 1. The van der Waals surface area contributed by atoms with Gasteiger partial charge < -0.3 is 10.6 Å². The highest BCUT2D eigenvalue weighted by Crippen LogP contribution is 2.18. The molecule has 0 unspecified atom stereocenters. The summed E-state index contributed by atoms with van der Waals surface area (Å²) in [5.74, 6) is 0.0786. The van der Waals surface area contributed by atoms with E-state index in [1.165, 1.54) is 24.3 Å². The van der Waals surface area contributed by atoms with Gasteiger partial charge >= 0.3 is 0 Å². The van der Waals surface area contributed by atoms with Crippen molar-refractivity contribution in [3.8, 4) is 0 Å². The highest BCUT2D eigenvalue weighted by Gasteiger charge is 2.15. The molecule has 3 rings (SSSR count). The fourth-order valence-electron chi connectivity index (χ4n) is 2.10. The number of anilines is 3. The van der Waals surface area contributed by atoms with Gasteiger partial charge in [0.05, 0.1) is 4.90 Å². The molecule has 0 aliphatic rings. The average Bonchev–Trinajstić information content (AvgIpc) is 2.65. The molecule has 7 nitrogen and oxygen atoms in total. The van der Waals surface area contributed by atoms with Crippen molar-refractivity contribution in [2.24, 2.45) is 0 Å². The Balaban J connectivity index is 1.65. The second-order valence-corrected chi connectivity index (χ2v) is 7.79. The van der Waals surface area contributed by atoms with Crippen LogP contribution in [0.15, 0.2) is 71.6 Å². The minimum atomic E-state index is -3.79. The molecule has 1 aromatic heterocycles. The fraction of sp³-hybridized carbons (Fsp3) is 0. The first kappa shape index (κ1) is 19.0. The normalized spacial score (nSPS) is 10.9. The number of thiocarbonyl (C=S) groups is 1. The van der Waals surface area contributed by atoms with Crippen LogP contribution in [0.5, 0.6) is 0 Å². The van der Waals surface area contributed by atoms with Crippen LogP contribution in [0.3, 0.4) is 0 Å². The van der Waals surface area contributed by atoms with E-state index >= 15 is 0 Å². The van der Waals surface area contributed by atoms with E-state index in [0.717, 1.165) is 5.69 Å². The Bertz CT molecular complexity index is 1030. The van der Waals surface area contributed by atoms with Crippen LogP contribution in [0, 0.1) is 0 Å². The molecular weight excluding hydrogens is 406 g/mol. The monoisotopic (exact) mass is 419 g/mol. The van der Waals surface area contributed by atoms with E-state index in [0.29, 0.717) is 10.8 Å². The summed E-state index contributed by atoms with van der Waals surface area (Å²) in [5, 5.41) is 13.9. The van der Waals surface area contributed by atoms with Gasteiger partial charge in [0.25, 0.3) is 10.0 Å². The fourth-order valence-corrected chi connectivity index (χ4v) is 3.43. The zero-order valence-corrected chi connectivity index (χ0v) is 16.1. The Kier molecular flexibility index (Phi) is 5.84. The first-order chi connectivity index (χ1) is 12.9. The van der Waals surface area contributed by atoms with E-state index < -0.39 is 10.0 Å². The standard InChI is InChI=1S/C17H14ClN5O2S2/c18-15-10-11-16(22-21-15)23-27(24,25)14-8-6-13(7-9-14)20-17(26)19-12-4-2-1-3-5-12/h1-11H,(H,22,23)(H2,19,20,26). The molecule has 0 saturated carbocycles. The van der Waals surface area contributed by atoms with Gasteiger partial charge in [-0.1, -0.05) is 29.8 Å². The highest BCUT2D eigenvalue weighted by molar-refractivity contribution is 7.92. The smallest absolute Gasteiger partial charge is 0.263 e. The first-order valence-corrected chi connectivity index (χ1v) is 9.94. The molecule has 0 saturated heterocycles. The number of nitrogens with zero attached hydrogens (tertiary/aromatic N) is 2. The largest absolute Gasteiger partial charge is 0.332 e. The topological polar surface area (TPSA) is 96.0 Å². The van der Waals surface area contributed by atoms with Crippen LogP contribution >= 0.6 is 23.8 Å². The second-order valence-electron chi connectivity index (χ2n) is 5.32. The van der Waals surface area contributed by atoms with E-state index in [1.807, 2.05) is 30.3 Å². The van der Waals surface area contributed by atoms with Crippen molar-refractivity contribution in [3.05, 3.63) is 71.9 Å². The minimum Gasteiger partial charge on any atom is -0.332 e. The number of aromatic nitrogens is 2. The molecule has 0 atom stereocenters. The highest BCUT2D eigenvalue weighted by atomic mass is 35.5. The quantitative estimate of drug-likeness (QED) is 0.542.